The van der Waals surface area contributed by atoms with E-state index in [0.717, 1.165) is 47.1 Å². The van der Waals surface area contributed by atoms with E-state index < -0.39 is 0 Å². The highest BCUT2D eigenvalue weighted by atomic mass is 19.1. The van der Waals surface area contributed by atoms with Crippen LogP contribution in [-0.2, 0) is 0 Å². The Labute approximate surface area is 211 Å². The second kappa shape index (κ2) is 7.97. The molecule has 1 aliphatic heterocycles. The Hall–Kier alpha value is -4.06. The molecule has 1 saturated heterocycles. The summed E-state index contributed by atoms with van der Waals surface area (Å²) in [6.45, 7) is 4.90. The number of fused-ring (bicyclic) bond motifs is 6. The maximum atomic E-state index is 14.6. The minimum Gasteiger partial charge on any atom is -0.386 e. The summed E-state index contributed by atoms with van der Waals surface area (Å²) < 4.78 is 16.4. The van der Waals surface area contributed by atoms with Crippen molar-refractivity contribution in [3.8, 4) is 0 Å². The van der Waals surface area contributed by atoms with Gasteiger partial charge in [0.25, 0.3) is 0 Å². The van der Waals surface area contributed by atoms with Crippen molar-refractivity contribution < 1.29 is 4.39 Å². The summed E-state index contributed by atoms with van der Waals surface area (Å²) in [5.74, 6) is 1.32. The molecule has 2 aliphatic rings. The molecule has 12 heteroatoms. The summed E-state index contributed by atoms with van der Waals surface area (Å²) in [5, 5.41) is 16.4. The topological polar surface area (TPSA) is 138 Å². The monoisotopic (exact) mass is 501 g/mol. The first-order valence-electron chi connectivity index (χ1n) is 12.6. The molecule has 1 unspecified atom stereocenters. The minimum atomic E-state index is -0.315. The van der Waals surface area contributed by atoms with Crippen LogP contribution < -0.4 is 21.3 Å². The molecule has 37 heavy (non-hydrogen) atoms. The van der Waals surface area contributed by atoms with Crippen LogP contribution in [0.25, 0.3) is 33.1 Å². The number of nitrogens with one attached hydrogen (secondary N) is 3. The van der Waals surface area contributed by atoms with Gasteiger partial charge in [-0.1, -0.05) is 5.21 Å². The molecule has 5 N–H and O–H groups in total. The van der Waals surface area contributed by atoms with Gasteiger partial charge in [-0.3, -0.25) is 0 Å². The number of aromatic nitrogens is 7. The van der Waals surface area contributed by atoms with Crippen LogP contribution in [0.15, 0.2) is 24.4 Å². The average Bonchev–Trinajstić information content (AvgIpc) is 3.64. The number of aromatic amines is 1. The van der Waals surface area contributed by atoms with Gasteiger partial charge in [0.1, 0.15) is 22.8 Å². The van der Waals surface area contributed by atoms with E-state index in [9.17, 15) is 4.39 Å². The van der Waals surface area contributed by atoms with Crippen LogP contribution in [0.5, 0.6) is 0 Å². The standard InChI is InChI=1S/C25H28FN11/c1-11(2)37-23-19(34-35-37)7-14(9-29-23)30-25-32-22-20(16-5-13(26)6-18(28-3)21(16)31-22)24(33-25)36-10-12-4-15(36)8-17(12)27/h5-7,9,11-12,15,17,28H,4,8,10,27H2,1-3H3,(H2,30,31,32,33)/t12?,15-,17-/m1/s1. The van der Waals surface area contributed by atoms with Gasteiger partial charge in [-0.25, -0.2) is 14.1 Å². The van der Waals surface area contributed by atoms with Crippen LogP contribution in [0.1, 0.15) is 32.7 Å². The van der Waals surface area contributed by atoms with Crippen molar-refractivity contribution in [3.63, 3.8) is 0 Å². The number of hydrogen-bond donors (Lipinski definition) is 4. The third kappa shape index (κ3) is 3.39. The first-order valence-corrected chi connectivity index (χ1v) is 12.6. The zero-order chi connectivity index (χ0) is 25.4. The van der Waals surface area contributed by atoms with E-state index >= 15 is 0 Å². The van der Waals surface area contributed by atoms with Crippen molar-refractivity contribution in [3.05, 3.63) is 30.2 Å². The lowest BCUT2D eigenvalue weighted by molar-refractivity contribution is 0.471. The molecule has 1 aliphatic carbocycles. The Bertz CT molecular complexity index is 1670. The van der Waals surface area contributed by atoms with Gasteiger partial charge in [-0.2, -0.15) is 9.97 Å². The van der Waals surface area contributed by atoms with E-state index in [0.29, 0.717) is 40.4 Å². The maximum Gasteiger partial charge on any atom is 0.231 e. The van der Waals surface area contributed by atoms with Gasteiger partial charge in [0, 0.05) is 31.1 Å². The highest BCUT2D eigenvalue weighted by molar-refractivity contribution is 6.15. The lowest BCUT2D eigenvalue weighted by Crippen LogP contribution is -2.41. The summed E-state index contributed by atoms with van der Waals surface area (Å²) in [6, 6.07) is 5.58. The molecule has 190 valence electrons. The van der Waals surface area contributed by atoms with Crippen molar-refractivity contribution in [2.45, 2.75) is 44.8 Å². The molecule has 7 rings (SSSR count). The number of rotatable bonds is 5. The van der Waals surface area contributed by atoms with E-state index in [2.05, 4.69) is 35.8 Å². The van der Waals surface area contributed by atoms with Crippen LogP contribution in [-0.4, -0.2) is 60.6 Å². The normalized spacial score (nSPS) is 21.2. The molecular weight excluding hydrogens is 473 g/mol. The molecule has 11 nitrogen and oxygen atoms in total. The average molecular weight is 502 g/mol. The zero-order valence-corrected chi connectivity index (χ0v) is 20.8. The molecule has 0 amide bonds. The van der Waals surface area contributed by atoms with Gasteiger partial charge in [-0.15, -0.1) is 5.10 Å². The largest absolute Gasteiger partial charge is 0.386 e. The molecule has 1 aromatic carbocycles. The molecule has 5 heterocycles. The summed E-state index contributed by atoms with van der Waals surface area (Å²) in [7, 11) is 1.78. The van der Waals surface area contributed by atoms with Gasteiger partial charge in [0.05, 0.1) is 34.5 Å². The number of nitrogens with zero attached hydrogens (tertiary/aromatic N) is 7. The number of piperidine rings is 1. The van der Waals surface area contributed by atoms with Gasteiger partial charge in [0.2, 0.25) is 5.95 Å². The lowest BCUT2D eigenvalue weighted by atomic mass is 10.0. The Balaban J connectivity index is 1.37. The molecule has 1 saturated carbocycles. The summed E-state index contributed by atoms with van der Waals surface area (Å²) in [5.41, 5.74) is 10.6. The van der Waals surface area contributed by atoms with Crippen LogP contribution in [0.4, 0.5) is 27.5 Å². The fraction of sp³-hybridized carbons (Fsp3) is 0.400. The predicted octanol–water partition coefficient (Wildman–Crippen LogP) is 3.68. The number of halogens is 1. The fourth-order valence-corrected chi connectivity index (χ4v) is 5.94. The van der Waals surface area contributed by atoms with Crippen LogP contribution >= 0.6 is 0 Å². The molecule has 3 atom stereocenters. The Morgan fingerprint density at radius 1 is 1.19 bits per heavy atom. The van der Waals surface area contributed by atoms with E-state index in [-0.39, 0.29) is 17.9 Å². The number of hydrogen-bond acceptors (Lipinski definition) is 9. The van der Waals surface area contributed by atoms with Crippen LogP contribution in [0, 0.1) is 11.7 Å². The fourth-order valence-electron chi connectivity index (χ4n) is 5.94. The molecule has 2 fully saturated rings. The number of anilines is 4. The third-order valence-corrected chi connectivity index (χ3v) is 7.70. The minimum absolute atomic E-state index is 0.155. The maximum absolute atomic E-state index is 14.6. The smallest absolute Gasteiger partial charge is 0.231 e. The SMILES string of the molecule is CNc1cc(F)cc2c1[nH]c1nc(Nc3cnc4c(c3)nnn4C(C)C)nc(N3CC4C[C@@H]3C[C@H]4N)c12. The van der Waals surface area contributed by atoms with Crippen LogP contribution in [0.3, 0.4) is 0 Å². The summed E-state index contributed by atoms with van der Waals surface area (Å²) in [4.78, 5) is 20.0. The lowest BCUT2D eigenvalue weighted by Gasteiger charge is -2.31. The molecule has 4 aromatic heterocycles. The Morgan fingerprint density at radius 3 is 2.78 bits per heavy atom. The predicted molar refractivity (Wildman–Crippen MR) is 142 cm³/mol. The first-order chi connectivity index (χ1) is 17.9. The first kappa shape index (κ1) is 22.2. The van der Waals surface area contributed by atoms with Gasteiger partial charge in [0.15, 0.2) is 5.65 Å². The Kier molecular flexibility index (Phi) is 4.77. The number of H-pyrrole nitrogens is 1. The van der Waals surface area contributed by atoms with Crippen molar-refractivity contribution in [2.24, 2.45) is 11.7 Å². The second-order valence-electron chi connectivity index (χ2n) is 10.4. The highest BCUT2D eigenvalue weighted by Gasteiger charge is 2.44. The van der Waals surface area contributed by atoms with Crippen molar-refractivity contribution in [2.75, 3.05) is 29.1 Å². The molecule has 0 radical (unpaired) electrons. The summed E-state index contributed by atoms with van der Waals surface area (Å²) in [6.07, 6.45) is 3.69. The molecule has 0 spiro atoms. The quantitative estimate of drug-likeness (QED) is 0.284. The van der Waals surface area contributed by atoms with Gasteiger partial charge >= 0.3 is 0 Å². The van der Waals surface area contributed by atoms with E-state index in [1.165, 1.54) is 6.07 Å². The van der Waals surface area contributed by atoms with Gasteiger partial charge in [-0.05, 0) is 50.8 Å². The zero-order valence-electron chi connectivity index (χ0n) is 20.8. The Morgan fingerprint density at radius 2 is 2.05 bits per heavy atom. The van der Waals surface area contributed by atoms with Crippen molar-refractivity contribution in [1.82, 2.24) is 34.9 Å². The van der Waals surface area contributed by atoms with Crippen molar-refractivity contribution in [1.29, 1.82) is 0 Å². The van der Waals surface area contributed by atoms with Crippen LogP contribution in [0.2, 0.25) is 0 Å². The summed E-state index contributed by atoms with van der Waals surface area (Å²) >= 11 is 0. The number of benzene rings is 1. The van der Waals surface area contributed by atoms with E-state index in [4.69, 9.17) is 15.7 Å². The third-order valence-electron chi connectivity index (χ3n) is 7.70. The number of pyridine rings is 1. The molecular formula is C25H28FN11. The van der Waals surface area contributed by atoms with Crippen molar-refractivity contribution >= 4 is 56.2 Å². The molecule has 5 aromatic rings. The van der Waals surface area contributed by atoms with Gasteiger partial charge < -0.3 is 26.3 Å². The highest BCUT2D eigenvalue weighted by Crippen LogP contribution is 2.44. The molecule has 2 bridgehead atoms. The number of nitrogens with two attached hydrogens (primary N) is 1. The second-order valence-corrected chi connectivity index (χ2v) is 10.4. The van der Waals surface area contributed by atoms with E-state index in [1.54, 1.807) is 24.0 Å². The van der Waals surface area contributed by atoms with E-state index in [1.807, 2.05) is 19.9 Å².